The minimum atomic E-state index is -0.106. The molecule has 5 heteroatoms. The first-order valence-electron chi connectivity index (χ1n) is 5.65. The van der Waals surface area contributed by atoms with E-state index in [1.807, 2.05) is 6.92 Å². The maximum atomic E-state index is 9.21. The van der Waals surface area contributed by atoms with Crippen molar-refractivity contribution in [3.63, 3.8) is 0 Å². The van der Waals surface area contributed by atoms with Gasteiger partial charge in [0.15, 0.2) is 0 Å². The molecule has 0 bridgehead atoms. The molecule has 0 aromatic heterocycles. The Balaban J connectivity index is 2.78. The van der Waals surface area contributed by atoms with Crippen LogP contribution in [0.5, 0.6) is 11.5 Å². The van der Waals surface area contributed by atoms with Crippen molar-refractivity contribution in [1.29, 1.82) is 0 Å². The Bertz CT molecular complexity index is 405. The quantitative estimate of drug-likeness (QED) is 0.833. The second-order valence-corrected chi connectivity index (χ2v) is 4.32. The van der Waals surface area contributed by atoms with Crippen molar-refractivity contribution in [3.8, 4) is 11.5 Å². The molecule has 0 saturated carbocycles. The van der Waals surface area contributed by atoms with Crippen molar-refractivity contribution in [3.05, 3.63) is 34.3 Å². The van der Waals surface area contributed by atoms with Gasteiger partial charge in [0.1, 0.15) is 18.1 Å². The van der Waals surface area contributed by atoms with Gasteiger partial charge < -0.3 is 14.6 Å². The van der Waals surface area contributed by atoms with Gasteiger partial charge >= 0.3 is 0 Å². The van der Waals surface area contributed by atoms with Crippen LogP contribution in [0.1, 0.15) is 18.9 Å². The first-order valence-corrected chi connectivity index (χ1v) is 6.46. The lowest BCUT2D eigenvalue weighted by atomic mass is 10.2. The van der Waals surface area contributed by atoms with Crippen molar-refractivity contribution in [1.82, 2.24) is 0 Å². The van der Waals surface area contributed by atoms with Gasteiger partial charge in [-0.05, 0) is 18.6 Å². The molecule has 0 unspecified atom stereocenters. The predicted molar refractivity (Wildman–Crippen MR) is 73.4 cm³/mol. The van der Waals surface area contributed by atoms with Crippen LogP contribution in [-0.2, 0) is 6.61 Å². The molecule has 0 saturated heterocycles. The molecule has 1 aromatic carbocycles. The summed E-state index contributed by atoms with van der Waals surface area (Å²) in [6.45, 7) is 2.73. The van der Waals surface area contributed by atoms with E-state index in [1.54, 1.807) is 18.2 Å². The number of rotatable bonds is 7. The van der Waals surface area contributed by atoms with Gasteiger partial charge in [-0.2, -0.15) is 0 Å². The molecule has 0 atom stereocenters. The highest BCUT2D eigenvalue weighted by atomic mass is 35.5. The van der Waals surface area contributed by atoms with Gasteiger partial charge in [0.05, 0.1) is 18.2 Å². The summed E-state index contributed by atoms with van der Waals surface area (Å²) in [7, 11) is 0. The summed E-state index contributed by atoms with van der Waals surface area (Å²) in [6.07, 6.45) is 0.929. The zero-order valence-electron chi connectivity index (χ0n) is 10.2. The Morgan fingerprint density at radius 1 is 1.39 bits per heavy atom. The first-order chi connectivity index (χ1) is 8.71. The molecule has 100 valence electrons. The molecule has 0 amide bonds. The zero-order chi connectivity index (χ0) is 13.4. The molecule has 0 heterocycles. The SMILES string of the molecule is CCCOc1ccc(CO)c(OCC(Cl)=CCl)c1. The first kappa shape index (κ1) is 15.2. The van der Waals surface area contributed by atoms with Crippen LogP contribution in [0.2, 0.25) is 0 Å². The van der Waals surface area contributed by atoms with Gasteiger partial charge in [-0.15, -0.1) is 0 Å². The third-order valence-electron chi connectivity index (χ3n) is 2.17. The number of ether oxygens (including phenoxy) is 2. The highest BCUT2D eigenvalue weighted by Gasteiger charge is 2.06. The van der Waals surface area contributed by atoms with Crippen molar-refractivity contribution in [2.24, 2.45) is 0 Å². The molecule has 1 rings (SSSR count). The monoisotopic (exact) mass is 290 g/mol. The average molecular weight is 291 g/mol. The van der Waals surface area contributed by atoms with E-state index < -0.39 is 0 Å². The molecule has 3 nitrogen and oxygen atoms in total. The second-order valence-electron chi connectivity index (χ2n) is 3.62. The second kappa shape index (κ2) is 8.25. The van der Waals surface area contributed by atoms with E-state index in [4.69, 9.17) is 32.7 Å². The van der Waals surface area contributed by atoms with E-state index in [0.717, 1.165) is 6.42 Å². The van der Waals surface area contributed by atoms with Crippen molar-refractivity contribution < 1.29 is 14.6 Å². The summed E-state index contributed by atoms with van der Waals surface area (Å²) >= 11 is 11.2. The number of benzene rings is 1. The molecule has 0 aliphatic heterocycles. The highest BCUT2D eigenvalue weighted by Crippen LogP contribution is 2.26. The lowest BCUT2D eigenvalue weighted by molar-refractivity contribution is 0.267. The fourth-order valence-electron chi connectivity index (χ4n) is 1.29. The lowest BCUT2D eigenvalue weighted by Gasteiger charge is -2.12. The molecule has 0 fully saturated rings. The standard InChI is InChI=1S/C13H16Cl2O3/c1-2-5-17-12-4-3-10(8-16)13(6-12)18-9-11(15)7-14/h3-4,6-7,16H,2,5,8-9H2,1H3. The molecule has 0 aliphatic carbocycles. The van der Waals surface area contributed by atoms with Crippen LogP contribution < -0.4 is 9.47 Å². The summed E-state index contributed by atoms with van der Waals surface area (Å²) in [5, 5.41) is 9.60. The van der Waals surface area contributed by atoms with Crippen molar-refractivity contribution in [2.45, 2.75) is 20.0 Å². The Morgan fingerprint density at radius 3 is 2.78 bits per heavy atom. The van der Waals surface area contributed by atoms with E-state index in [9.17, 15) is 5.11 Å². The topological polar surface area (TPSA) is 38.7 Å². The summed E-state index contributed by atoms with van der Waals surface area (Å²) < 4.78 is 11.0. The summed E-state index contributed by atoms with van der Waals surface area (Å²) in [5.41, 5.74) is 1.93. The Morgan fingerprint density at radius 2 is 2.17 bits per heavy atom. The van der Waals surface area contributed by atoms with Crippen LogP contribution in [0, 0.1) is 0 Å². The van der Waals surface area contributed by atoms with E-state index in [2.05, 4.69) is 0 Å². The molecular formula is C13H16Cl2O3. The van der Waals surface area contributed by atoms with Gasteiger partial charge in [-0.1, -0.05) is 30.1 Å². The summed E-state index contributed by atoms with van der Waals surface area (Å²) in [4.78, 5) is 0. The van der Waals surface area contributed by atoms with Gasteiger partial charge in [-0.3, -0.25) is 0 Å². The number of aliphatic hydroxyl groups excluding tert-OH is 1. The molecular weight excluding hydrogens is 275 g/mol. The summed E-state index contributed by atoms with van der Waals surface area (Å²) in [5.74, 6) is 1.25. The molecule has 0 radical (unpaired) electrons. The normalized spacial score (nSPS) is 11.4. The fraction of sp³-hybridized carbons (Fsp3) is 0.385. The van der Waals surface area contributed by atoms with Gasteiger partial charge in [0.2, 0.25) is 0 Å². The molecule has 1 N–H and O–H groups in total. The third kappa shape index (κ3) is 4.77. The maximum Gasteiger partial charge on any atom is 0.129 e. The van der Waals surface area contributed by atoms with Crippen molar-refractivity contribution in [2.75, 3.05) is 13.2 Å². The van der Waals surface area contributed by atoms with Gasteiger partial charge in [0.25, 0.3) is 0 Å². The molecule has 18 heavy (non-hydrogen) atoms. The maximum absolute atomic E-state index is 9.21. The number of halogens is 2. The van der Waals surface area contributed by atoms with E-state index in [-0.39, 0.29) is 13.2 Å². The Labute approximate surface area is 117 Å². The lowest BCUT2D eigenvalue weighted by Crippen LogP contribution is -2.02. The van der Waals surface area contributed by atoms with E-state index >= 15 is 0 Å². The number of aliphatic hydroxyl groups is 1. The largest absolute Gasteiger partial charge is 0.493 e. The Kier molecular flexibility index (Phi) is 6.94. The van der Waals surface area contributed by atoms with Crippen LogP contribution in [0.3, 0.4) is 0 Å². The van der Waals surface area contributed by atoms with E-state index in [1.165, 1.54) is 5.54 Å². The summed E-state index contributed by atoms with van der Waals surface area (Å²) in [6, 6.07) is 5.30. The smallest absolute Gasteiger partial charge is 0.129 e. The van der Waals surface area contributed by atoms with Gasteiger partial charge in [-0.25, -0.2) is 0 Å². The predicted octanol–water partition coefficient (Wildman–Crippen LogP) is 3.67. The molecule has 1 aromatic rings. The van der Waals surface area contributed by atoms with Crippen molar-refractivity contribution >= 4 is 23.2 Å². The minimum absolute atomic E-state index is 0.106. The average Bonchev–Trinajstić information content (AvgIpc) is 2.42. The van der Waals surface area contributed by atoms with Crippen LogP contribution >= 0.6 is 23.2 Å². The van der Waals surface area contributed by atoms with Crippen LogP contribution in [0.25, 0.3) is 0 Å². The highest BCUT2D eigenvalue weighted by molar-refractivity contribution is 6.36. The van der Waals surface area contributed by atoms with Crippen LogP contribution in [0.4, 0.5) is 0 Å². The number of hydrogen-bond acceptors (Lipinski definition) is 3. The number of hydrogen-bond donors (Lipinski definition) is 1. The van der Waals surface area contributed by atoms with Crippen LogP contribution in [0.15, 0.2) is 28.8 Å². The molecule has 0 spiro atoms. The molecule has 0 aliphatic rings. The Hall–Kier alpha value is -0.900. The minimum Gasteiger partial charge on any atom is -0.493 e. The van der Waals surface area contributed by atoms with Gasteiger partial charge in [0, 0.05) is 17.2 Å². The van der Waals surface area contributed by atoms with Crippen LogP contribution in [-0.4, -0.2) is 18.3 Å². The third-order valence-corrected chi connectivity index (χ3v) is 2.76. The van der Waals surface area contributed by atoms with E-state index in [0.29, 0.717) is 28.7 Å². The fourth-order valence-corrected chi connectivity index (χ4v) is 1.41. The zero-order valence-corrected chi connectivity index (χ0v) is 11.7.